The SMILES string of the molecule is Cc1c(C#N)csc1N=Nc1ccccc1. The van der Waals surface area contributed by atoms with Gasteiger partial charge in [-0.15, -0.1) is 21.6 Å². The van der Waals surface area contributed by atoms with Crippen LogP contribution in [0.2, 0.25) is 0 Å². The van der Waals surface area contributed by atoms with Crippen molar-refractivity contribution in [3.63, 3.8) is 0 Å². The minimum atomic E-state index is 0.673. The number of rotatable bonds is 2. The number of hydrogen-bond acceptors (Lipinski definition) is 4. The maximum absolute atomic E-state index is 8.80. The third kappa shape index (κ3) is 2.15. The van der Waals surface area contributed by atoms with Crippen LogP contribution in [0.5, 0.6) is 0 Å². The first kappa shape index (κ1) is 10.5. The summed E-state index contributed by atoms with van der Waals surface area (Å²) in [5.41, 5.74) is 2.38. The molecule has 4 heteroatoms. The molecule has 0 unspecified atom stereocenters. The van der Waals surface area contributed by atoms with Crippen LogP contribution in [0.3, 0.4) is 0 Å². The highest BCUT2D eigenvalue weighted by Crippen LogP contribution is 2.30. The molecule has 0 radical (unpaired) electrons. The fraction of sp³-hybridized carbons (Fsp3) is 0.0833. The lowest BCUT2D eigenvalue weighted by atomic mass is 10.2. The van der Waals surface area contributed by atoms with Crippen LogP contribution in [0.1, 0.15) is 11.1 Å². The molecule has 0 atom stereocenters. The molecule has 3 nitrogen and oxygen atoms in total. The number of hydrogen-bond donors (Lipinski definition) is 0. The quantitative estimate of drug-likeness (QED) is 0.704. The maximum atomic E-state index is 8.80. The van der Waals surface area contributed by atoms with E-state index in [1.54, 1.807) is 5.38 Å². The summed E-state index contributed by atoms with van der Waals surface area (Å²) < 4.78 is 0. The molecule has 0 aliphatic heterocycles. The van der Waals surface area contributed by atoms with Gasteiger partial charge in [0.15, 0.2) is 0 Å². The van der Waals surface area contributed by atoms with Gasteiger partial charge in [-0.2, -0.15) is 5.26 Å². The first-order valence-corrected chi connectivity index (χ1v) is 5.64. The molecule has 1 heterocycles. The van der Waals surface area contributed by atoms with E-state index >= 15 is 0 Å². The molecule has 0 spiro atoms. The Bertz CT molecular complexity index is 549. The van der Waals surface area contributed by atoms with E-state index in [1.165, 1.54) is 11.3 Å². The number of azo groups is 1. The predicted molar refractivity (Wildman–Crippen MR) is 64.4 cm³/mol. The molecular weight excluding hydrogens is 218 g/mol. The van der Waals surface area contributed by atoms with E-state index in [1.807, 2.05) is 37.3 Å². The molecule has 78 valence electrons. The Balaban J connectivity index is 2.25. The molecular formula is C12H9N3S. The second kappa shape index (κ2) is 4.69. The first-order valence-electron chi connectivity index (χ1n) is 4.76. The minimum Gasteiger partial charge on any atom is -0.192 e. The van der Waals surface area contributed by atoms with Gasteiger partial charge in [0.05, 0.1) is 11.3 Å². The Morgan fingerprint density at radius 2 is 1.94 bits per heavy atom. The van der Waals surface area contributed by atoms with Crippen molar-refractivity contribution in [1.29, 1.82) is 5.26 Å². The van der Waals surface area contributed by atoms with Crippen molar-refractivity contribution in [2.45, 2.75) is 6.92 Å². The Morgan fingerprint density at radius 3 is 2.56 bits per heavy atom. The monoisotopic (exact) mass is 227 g/mol. The van der Waals surface area contributed by atoms with Crippen molar-refractivity contribution in [3.8, 4) is 6.07 Å². The summed E-state index contributed by atoms with van der Waals surface area (Å²) in [5.74, 6) is 0. The van der Waals surface area contributed by atoms with E-state index in [0.29, 0.717) is 5.56 Å². The zero-order chi connectivity index (χ0) is 11.4. The van der Waals surface area contributed by atoms with Gasteiger partial charge in [0.1, 0.15) is 11.1 Å². The smallest absolute Gasteiger partial charge is 0.143 e. The molecule has 1 aromatic heterocycles. The van der Waals surface area contributed by atoms with Gasteiger partial charge in [-0.1, -0.05) is 18.2 Å². The number of nitrogens with zero attached hydrogens (tertiary/aromatic N) is 3. The summed E-state index contributed by atoms with van der Waals surface area (Å²) >= 11 is 1.44. The third-order valence-electron chi connectivity index (χ3n) is 2.15. The Morgan fingerprint density at radius 1 is 1.19 bits per heavy atom. The van der Waals surface area contributed by atoms with Crippen LogP contribution in [-0.4, -0.2) is 0 Å². The van der Waals surface area contributed by atoms with Gasteiger partial charge >= 0.3 is 0 Å². The largest absolute Gasteiger partial charge is 0.192 e. The number of nitriles is 1. The highest BCUT2D eigenvalue weighted by Gasteiger charge is 2.05. The van der Waals surface area contributed by atoms with Crippen LogP contribution in [-0.2, 0) is 0 Å². The molecule has 0 N–H and O–H groups in total. The molecule has 2 aromatic rings. The van der Waals surface area contributed by atoms with Crippen molar-refractivity contribution in [2.75, 3.05) is 0 Å². The van der Waals surface area contributed by atoms with Crippen molar-refractivity contribution in [1.82, 2.24) is 0 Å². The van der Waals surface area contributed by atoms with Crippen LogP contribution in [0.25, 0.3) is 0 Å². The van der Waals surface area contributed by atoms with Crippen LogP contribution >= 0.6 is 11.3 Å². The van der Waals surface area contributed by atoms with Crippen LogP contribution in [0.4, 0.5) is 10.7 Å². The molecule has 0 aliphatic rings. The lowest BCUT2D eigenvalue weighted by Crippen LogP contribution is -1.70. The van der Waals surface area contributed by atoms with E-state index in [-0.39, 0.29) is 0 Å². The normalized spacial score (nSPS) is 10.5. The van der Waals surface area contributed by atoms with Gasteiger partial charge in [0.25, 0.3) is 0 Å². The van der Waals surface area contributed by atoms with E-state index in [2.05, 4.69) is 16.3 Å². The van der Waals surface area contributed by atoms with Crippen LogP contribution < -0.4 is 0 Å². The predicted octanol–water partition coefficient (Wildman–Crippen LogP) is 4.34. The average Bonchev–Trinajstić information content (AvgIpc) is 2.69. The summed E-state index contributed by atoms with van der Waals surface area (Å²) in [7, 11) is 0. The number of benzene rings is 1. The molecule has 0 saturated heterocycles. The van der Waals surface area contributed by atoms with Crippen molar-refractivity contribution >= 4 is 22.0 Å². The Hall–Kier alpha value is -1.99. The van der Waals surface area contributed by atoms with Crippen LogP contribution in [0.15, 0.2) is 45.9 Å². The molecule has 0 amide bonds. The average molecular weight is 227 g/mol. The highest BCUT2D eigenvalue weighted by molar-refractivity contribution is 7.14. The minimum absolute atomic E-state index is 0.673. The zero-order valence-corrected chi connectivity index (χ0v) is 9.53. The van der Waals surface area contributed by atoms with E-state index < -0.39 is 0 Å². The van der Waals surface area contributed by atoms with Crippen molar-refractivity contribution in [3.05, 3.63) is 46.8 Å². The second-order valence-electron chi connectivity index (χ2n) is 3.23. The third-order valence-corrected chi connectivity index (χ3v) is 3.11. The van der Waals surface area contributed by atoms with Crippen molar-refractivity contribution in [2.24, 2.45) is 10.2 Å². The van der Waals surface area contributed by atoms with Gasteiger partial charge in [-0.05, 0) is 19.1 Å². The maximum Gasteiger partial charge on any atom is 0.143 e. The molecule has 1 aromatic carbocycles. The molecule has 0 saturated carbocycles. The van der Waals surface area contributed by atoms with Gasteiger partial charge in [-0.3, -0.25) is 0 Å². The second-order valence-corrected chi connectivity index (χ2v) is 4.08. The summed E-state index contributed by atoms with van der Waals surface area (Å²) in [5, 5.41) is 19.6. The number of thiophene rings is 1. The summed E-state index contributed by atoms with van der Waals surface area (Å²) in [4.78, 5) is 0. The summed E-state index contributed by atoms with van der Waals surface area (Å²) in [6.45, 7) is 1.88. The van der Waals surface area contributed by atoms with E-state index in [4.69, 9.17) is 5.26 Å². The van der Waals surface area contributed by atoms with Gasteiger partial charge < -0.3 is 0 Å². The molecule has 16 heavy (non-hydrogen) atoms. The van der Waals surface area contributed by atoms with Gasteiger partial charge in [0, 0.05) is 10.9 Å². The highest BCUT2D eigenvalue weighted by atomic mass is 32.1. The first-order chi connectivity index (χ1) is 7.81. The van der Waals surface area contributed by atoms with E-state index in [9.17, 15) is 0 Å². The van der Waals surface area contributed by atoms with Crippen LogP contribution in [0, 0.1) is 18.3 Å². The molecule has 0 bridgehead atoms. The van der Waals surface area contributed by atoms with Gasteiger partial charge in [-0.25, -0.2) is 0 Å². The summed E-state index contributed by atoms with van der Waals surface area (Å²) in [6.07, 6.45) is 0. The van der Waals surface area contributed by atoms with E-state index in [0.717, 1.165) is 16.3 Å². The molecule has 2 rings (SSSR count). The Kier molecular flexibility index (Phi) is 3.08. The standard InChI is InChI=1S/C12H9N3S/c1-9-10(7-13)8-16-12(9)15-14-11-5-3-2-4-6-11/h2-6,8H,1H3. The Labute approximate surface area is 97.7 Å². The van der Waals surface area contributed by atoms with Gasteiger partial charge in [0.2, 0.25) is 0 Å². The molecule has 0 fully saturated rings. The lowest BCUT2D eigenvalue weighted by Gasteiger charge is -1.91. The molecule has 0 aliphatic carbocycles. The fourth-order valence-corrected chi connectivity index (χ4v) is 2.05. The lowest BCUT2D eigenvalue weighted by molar-refractivity contribution is 1.24. The fourth-order valence-electron chi connectivity index (χ4n) is 1.21. The van der Waals surface area contributed by atoms with Crippen molar-refractivity contribution < 1.29 is 0 Å². The zero-order valence-electron chi connectivity index (χ0n) is 8.71. The topological polar surface area (TPSA) is 48.5 Å². The summed E-state index contributed by atoms with van der Waals surface area (Å²) in [6, 6.07) is 11.7.